The molecule has 5 N–H and O–H groups in total. The SMILES string of the molecule is CCC(CC)C(C)NC(=O)N[C@@H](CCC(N)=O)C(=O)O. The van der Waals surface area contributed by atoms with Gasteiger partial charge in [0.2, 0.25) is 5.91 Å². The quantitative estimate of drug-likeness (QED) is 0.501. The van der Waals surface area contributed by atoms with Crippen LogP contribution in [0.2, 0.25) is 0 Å². The van der Waals surface area contributed by atoms with Crippen LogP contribution in [0.15, 0.2) is 0 Å². The Morgan fingerprint density at radius 3 is 2.10 bits per heavy atom. The zero-order chi connectivity index (χ0) is 15.7. The molecule has 3 amide bonds. The van der Waals surface area contributed by atoms with Crippen LogP contribution in [0.4, 0.5) is 4.79 Å². The first-order chi connectivity index (χ1) is 9.31. The molecule has 0 saturated heterocycles. The molecule has 0 aliphatic rings. The maximum atomic E-state index is 11.7. The Balaban J connectivity index is 4.38. The molecular weight excluding hydrogens is 262 g/mol. The van der Waals surface area contributed by atoms with Crippen molar-refractivity contribution >= 4 is 17.9 Å². The van der Waals surface area contributed by atoms with E-state index in [0.717, 1.165) is 12.8 Å². The number of hydrogen-bond acceptors (Lipinski definition) is 3. The molecule has 116 valence electrons. The zero-order valence-corrected chi connectivity index (χ0v) is 12.3. The van der Waals surface area contributed by atoms with E-state index >= 15 is 0 Å². The molecule has 7 nitrogen and oxygen atoms in total. The lowest BCUT2D eigenvalue weighted by Crippen LogP contribution is -2.50. The maximum absolute atomic E-state index is 11.7. The van der Waals surface area contributed by atoms with Crippen LogP contribution in [0.3, 0.4) is 0 Å². The Hall–Kier alpha value is -1.79. The molecule has 2 atom stereocenters. The van der Waals surface area contributed by atoms with Gasteiger partial charge in [0.1, 0.15) is 6.04 Å². The molecule has 0 fully saturated rings. The summed E-state index contributed by atoms with van der Waals surface area (Å²) < 4.78 is 0. The summed E-state index contributed by atoms with van der Waals surface area (Å²) in [5.74, 6) is -1.44. The highest BCUT2D eigenvalue weighted by molar-refractivity contribution is 5.83. The number of nitrogens with one attached hydrogen (secondary N) is 2. The summed E-state index contributed by atoms with van der Waals surface area (Å²) in [6, 6.07) is -1.70. The van der Waals surface area contributed by atoms with Crippen LogP contribution in [-0.2, 0) is 9.59 Å². The van der Waals surface area contributed by atoms with Crippen molar-refractivity contribution in [2.75, 3.05) is 0 Å². The first kappa shape index (κ1) is 18.2. The number of hydrogen-bond donors (Lipinski definition) is 4. The van der Waals surface area contributed by atoms with Crippen LogP contribution < -0.4 is 16.4 Å². The van der Waals surface area contributed by atoms with E-state index in [0.29, 0.717) is 5.92 Å². The van der Waals surface area contributed by atoms with Crippen molar-refractivity contribution in [3.05, 3.63) is 0 Å². The van der Waals surface area contributed by atoms with Crippen LogP contribution in [-0.4, -0.2) is 35.1 Å². The summed E-state index contributed by atoms with van der Waals surface area (Å²) in [5.41, 5.74) is 4.97. The molecule has 1 unspecified atom stereocenters. The summed E-state index contributed by atoms with van der Waals surface area (Å²) in [5, 5.41) is 14.0. The predicted octanol–water partition coefficient (Wildman–Crippen LogP) is 0.829. The third-order valence-corrected chi connectivity index (χ3v) is 3.40. The Labute approximate surface area is 119 Å². The molecule has 0 aromatic rings. The monoisotopic (exact) mass is 287 g/mol. The van der Waals surface area contributed by atoms with E-state index in [1.54, 1.807) is 0 Å². The number of primary amides is 1. The Morgan fingerprint density at radius 2 is 1.70 bits per heavy atom. The molecule has 0 bridgehead atoms. The number of carbonyl (C=O) groups is 3. The molecule has 0 heterocycles. The number of carbonyl (C=O) groups excluding carboxylic acids is 2. The Bertz CT molecular complexity index is 343. The summed E-state index contributed by atoms with van der Waals surface area (Å²) >= 11 is 0. The van der Waals surface area contributed by atoms with Crippen molar-refractivity contribution in [1.29, 1.82) is 0 Å². The standard InChI is InChI=1S/C13H25N3O4/c1-4-9(5-2)8(3)15-13(20)16-10(12(18)19)6-7-11(14)17/h8-10H,4-7H2,1-3H3,(H2,14,17)(H,18,19)(H2,15,16,20)/t8?,10-/m0/s1. The van der Waals surface area contributed by atoms with Gasteiger partial charge < -0.3 is 21.5 Å². The number of rotatable bonds is 9. The van der Waals surface area contributed by atoms with Crippen molar-refractivity contribution in [1.82, 2.24) is 10.6 Å². The maximum Gasteiger partial charge on any atom is 0.326 e. The minimum absolute atomic E-state index is 0.0164. The van der Waals surface area contributed by atoms with E-state index < -0.39 is 23.9 Å². The fourth-order valence-corrected chi connectivity index (χ4v) is 2.06. The predicted molar refractivity (Wildman–Crippen MR) is 75.1 cm³/mol. The van der Waals surface area contributed by atoms with Crippen molar-refractivity contribution < 1.29 is 19.5 Å². The summed E-state index contributed by atoms with van der Waals surface area (Å²) in [6.45, 7) is 5.96. The number of nitrogens with two attached hydrogens (primary N) is 1. The van der Waals surface area contributed by atoms with Crippen molar-refractivity contribution in [3.63, 3.8) is 0 Å². The third kappa shape index (κ3) is 6.96. The lowest BCUT2D eigenvalue weighted by atomic mass is 9.96. The highest BCUT2D eigenvalue weighted by Crippen LogP contribution is 2.12. The largest absolute Gasteiger partial charge is 0.480 e. The summed E-state index contributed by atoms with van der Waals surface area (Å²) in [6.07, 6.45) is 1.76. The molecule has 0 aliphatic heterocycles. The number of carboxylic acids is 1. The zero-order valence-electron chi connectivity index (χ0n) is 12.3. The summed E-state index contributed by atoms with van der Waals surface area (Å²) in [4.78, 5) is 33.4. The smallest absolute Gasteiger partial charge is 0.326 e. The fraction of sp³-hybridized carbons (Fsp3) is 0.769. The average Bonchev–Trinajstić information content (AvgIpc) is 2.35. The second-order valence-electron chi connectivity index (χ2n) is 4.88. The Kier molecular flexibility index (Phi) is 8.35. The van der Waals surface area contributed by atoms with Crippen LogP contribution in [0.25, 0.3) is 0 Å². The molecule has 0 rings (SSSR count). The van der Waals surface area contributed by atoms with Gasteiger partial charge in [-0.25, -0.2) is 9.59 Å². The van der Waals surface area contributed by atoms with Gasteiger partial charge in [-0.2, -0.15) is 0 Å². The minimum atomic E-state index is -1.18. The topological polar surface area (TPSA) is 122 Å². The van der Waals surface area contributed by atoms with Gasteiger partial charge in [0.15, 0.2) is 0 Å². The van der Waals surface area contributed by atoms with E-state index in [9.17, 15) is 14.4 Å². The first-order valence-corrected chi connectivity index (χ1v) is 6.89. The summed E-state index contributed by atoms with van der Waals surface area (Å²) in [7, 11) is 0. The number of amides is 3. The second kappa shape index (κ2) is 9.17. The lowest BCUT2D eigenvalue weighted by Gasteiger charge is -2.23. The van der Waals surface area contributed by atoms with Gasteiger partial charge in [-0.05, 0) is 19.3 Å². The van der Waals surface area contributed by atoms with E-state index in [1.165, 1.54) is 0 Å². The normalized spacial score (nSPS) is 13.6. The number of aliphatic carboxylic acids is 1. The first-order valence-electron chi connectivity index (χ1n) is 6.89. The van der Waals surface area contributed by atoms with E-state index in [4.69, 9.17) is 10.8 Å². The molecule has 0 radical (unpaired) electrons. The molecule has 0 aromatic carbocycles. The van der Waals surface area contributed by atoms with Crippen molar-refractivity contribution in [3.8, 4) is 0 Å². The van der Waals surface area contributed by atoms with E-state index in [2.05, 4.69) is 10.6 Å². The van der Waals surface area contributed by atoms with Gasteiger partial charge in [-0.1, -0.05) is 26.7 Å². The highest BCUT2D eigenvalue weighted by atomic mass is 16.4. The second-order valence-corrected chi connectivity index (χ2v) is 4.88. The van der Waals surface area contributed by atoms with Crippen molar-refractivity contribution in [2.24, 2.45) is 11.7 Å². The van der Waals surface area contributed by atoms with Gasteiger partial charge in [0.25, 0.3) is 0 Å². The fourth-order valence-electron chi connectivity index (χ4n) is 2.06. The van der Waals surface area contributed by atoms with Crippen LogP contribution >= 0.6 is 0 Å². The van der Waals surface area contributed by atoms with Gasteiger partial charge >= 0.3 is 12.0 Å². The lowest BCUT2D eigenvalue weighted by molar-refractivity contribution is -0.139. The van der Waals surface area contributed by atoms with Crippen LogP contribution in [0.1, 0.15) is 46.5 Å². The number of urea groups is 1. The molecular formula is C13H25N3O4. The third-order valence-electron chi connectivity index (χ3n) is 3.40. The van der Waals surface area contributed by atoms with E-state index in [-0.39, 0.29) is 18.9 Å². The molecule has 0 aromatic heterocycles. The van der Waals surface area contributed by atoms with E-state index in [1.807, 2.05) is 20.8 Å². The highest BCUT2D eigenvalue weighted by Gasteiger charge is 2.22. The van der Waals surface area contributed by atoms with Crippen LogP contribution in [0.5, 0.6) is 0 Å². The molecule has 7 heteroatoms. The van der Waals surface area contributed by atoms with Gasteiger partial charge in [0, 0.05) is 12.5 Å². The van der Waals surface area contributed by atoms with Crippen molar-refractivity contribution in [2.45, 2.75) is 58.5 Å². The van der Waals surface area contributed by atoms with Gasteiger partial charge in [0.05, 0.1) is 0 Å². The molecule has 0 aliphatic carbocycles. The van der Waals surface area contributed by atoms with Gasteiger partial charge in [-0.15, -0.1) is 0 Å². The average molecular weight is 287 g/mol. The molecule has 0 saturated carbocycles. The van der Waals surface area contributed by atoms with Crippen LogP contribution in [0, 0.1) is 5.92 Å². The van der Waals surface area contributed by atoms with Gasteiger partial charge in [-0.3, -0.25) is 4.79 Å². The number of carboxylic acid groups (broad SMARTS) is 1. The Morgan fingerprint density at radius 1 is 1.15 bits per heavy atom. The minimum Gasteiger partial charge on any atom is -0.480 e. The molecule has 20 heavy (non-hydrogen) atoms. The molecule has 0 spiro atoms.